The molecule has 0 heterocycles. The summed E-state index contributed by atoms with van der Waals surface area (Å²) in [5.74, 6) is -0.347. The molecule has 3 N–H and O–H groups in total. The van der Waals surface area contributed by atoms with Crippen LogP contribution in [0.2, 0.25) is 0 Å². The van der Waals surface area contributed by atoms with Gasteiger partial charge in [-0.25, -0.2) is 0 Å². The van der Waals surface area contributed by atoms with Crippen molar-refractivity contribution >= 4 is 23.2 Å². The number of carbonyl (C=O) groups is 1. The van der Waals surface area contributed by atoms with Gasteiger partial charge >= 0.3 is 0 Å². The van der Waals surface area contributed by atoms with Crippen LogP contribution < -0.4 is 5.32 Å². The normalized spacial score (nSPS) is 13.2. The van der Waals surface area contributed by atoms with Crippen molar-refractivity contribution < 1.29 is 15.0 Å². The predicted molar refractivity (Wildman–Crippen MR) is 84.3 cm³/mol. The number of aliphatic hydroxyl groups excluding tert-OH is 2. The minimum absolute atomic E-state index is 0.347. The molecule has 0 aliphatic carbocycles. The van der Waals surface area contributed by atoms with Gasteiger partial charge in [0, 0.05) is 5.56 Å². The topological polar surface area (TPSA) is 69.6 Å². The van der Waals surface area contributed by atoms with Crippen LogP contribution in [0, 0.1) is 0 Å². The third-order valence-corrected chi connectivity index (χ3v) is 3.29. The molecule has 4 nitrogen and oxygen atoms in total. The summed E-state index contributed by atoms with van der Waals surface area (Å²) in [6.07, 6.45) is -1.35. The van der Waals surface area contributed by atoms with Gasteiger partial charge in [0.15, 0.2) is 5.05 Å². The Labute approximate surface area is 128 Å². The molecule has 0 radical (unpaired) electrons. The first-order valence-electron chi connectivity index (χ1n) is 6.41. The lowest BCUT2D eigenvalue weighted by molar-refractivity contribution is 0.0888. The van der Waals surface area contributed by atoms with Crippen molar-refractivity contribution in [1.82, 2.24) is 5.32 Å². The summed E-state index contributed by atoms with van der Waals surface area (Å²) < 4.78 is 0. The molecule has 2 aromatic rings. The Kier molecular flexibility index (Phi) is 5.03. The van der Waals surface area contributed by atoms with Crippen LogP contribution in [0.25, 0.3) is 0 Å². The van der Waals surface area contributed by atoms with Crippen LogP contribution in [0.1, 0.15) is 22.0 Å². The van der Waals surface area contributed by atoms with E-state index < -0.39 is 17.2 Å². The third kappa shape index (κ3) is 3.87. The SMILES string of the molecule is O=C(N[C@@H](c1ccccc1)[C@@H](O)C(O)=S)c1ccccc1. The van der Waals surface area contributed by atoms with E-state index in [0.717, 1.165) is 0 Å². The van der Waals surface area contributed by atoms with Crippen molar-refractivity contribution in [1.29, 1.82) is 0 Å². The summed E-state index contributed by atoms with van der Waals surface area (Å²) in [5, 5.41) is 21.5. The minimum Gasteiger partial charge on any atom is -0.500 e. The van der Waals surface area contributed by atoms with E-state index in [2.05, 4.69) is 17.5 Å². The van der Waals surface area contributed by atoms with Gasteiger partial charge in [0.25, 0.3) is 5.91 Å². The van der Waals surface area contributed by atoms with Gasteiger partial charge < -0.3 is 15.5 Å². The molecule has 0 spiro atoms. The maximum atomic E-state index is 12.2. The molecular formula is C16H15NO3S. The number of aliphatic hydroxyl groups is 2. The largest absolute Gasteiger partial charge is 0.500 e. The summed E-state index contributed by atoms with van der Waals surface area (Å²) in [6.45, 7) is 0. The third-order valence-electron chi connectivity index (χ3n) is 3.05. The van der Waals surface area contributed by atoms with Crippen molar-refractivity contribution in [2.75, 3.05) is 0 Å². The van der Waals surface area contributed by atoms with Gasteiger partial charge in [0.05, 0.1) is 6.04 Å². The van der Waals surface area contributed by atoms with E-state index in [-0.39, 0.29) is 5.91 Å². The molecule has 2 rings (SSSR count). The van der Waals surface area contributed by atoms with Gasteiger partial charge in [-0.3, -0.25) is 4.79 Å². The van der Waals surface area contributed by atoms with Crippen LogP contribution in [-0.2, 0) is 0 Å². The Morgan fingerprint density at radius 2 is 1.52 bits per heavy atom. The number of hydrogen-bond donors (Lipinski definition) is 3. The molecule has 0 aliphatic rings. The van der Waals surface area contributed by atoms with Gasteiger partial charge in [-0.05, 0) is 29.9 Å². The molecule has 0 bridgehead atoms. The maximum Gasteiger partial charge on any atom is 0.251 e. The second-order valence-electron chi connectivity index (χ2n) is 4.51. The lowest BCUT2D eigenvalue weighted by Gasteiger charge is -2.23. The van der Waals surface area contributed by atoms with E-state index in [1.54, 1.807) is 48.5 Å². The van der Waals surface area contributed by atoms with Crippen molar-refractivity contribution in [3.05, 3.63) is 71.8 Å². The van der Waals surface area contributed by atoms with Crippen molar-refractivity contribution in [3.8, 4) is 0 Å². The first-order chi connectivity index (χ1) is 10.1. The first kappa shape index (κ1) is 15.2. The molecule has 2 atom stereocenters. The molecule has 0 fully saturated rings. The highest BCUT2D eigenvalue weighted by atomic mass is 32.1. The van der Waals surface area contributed by atoms with Crippen LogP contribution in [0.4, 0.5) is 0 Å². The molecule has 5 heteroatoms. The lowest BCUT2D eigenvalue weighted by Crippen LogP contribution is -2.39. The van der Waals surface area contributed by atoms with Gasteiger partial charge in [0.1, 0.15) is 6.10 Å². The average Bonchev–Trinajstić information content (AvgIpc) is 2.53. The number of thiocarbonyl (C=S) groups is 1. The van der Waals surface area contributed by atoms with Gasteiger partial charge in [-0.2, -0.15) is 0 Å². The summed E-state index contributed by atoms with van der Waals surface area (Å²) in [4.78, 5) is 12.2. The van der Waals surface area contributed by atoms with E-state index in [0.29, 0.717) is 11.1 Å². The molecule has 0 aliphatic heterocycles. The van der Waals surface area contributed by atoms with Crippen LogP contribution >= 0.6 is 12.2 Å². The molecule has 21 heavy (non-hydrogen) atoms. The Hall–Kier alpha value is -2.24. The number of carbonyl (C=O) groups excluding carboxylic acids is 1. The van der Waals surface area contributed by atoms with Crippen molar-refractivity contribution in [2.24, 2.45) is 0 Å². The monoisotopic (exact) mass is 301 g/mol. The summed E-state index contributed by atoms with van der Waals surface area (Å²) in [7, 11) is 0. The average molecular weight is 301 g/mol. The molecule has 1 amide bonds. The predicted octanol–water partition coefficient (Wildman–Crippen LogP) is 2.40. The van der Waals surface area contributed by atoms with Crippen LogP contribution in [0.15, 0.2) is 60.7 Å². The summed E-state index contributed by atoms with van der Waals surface area (Å²) in [5.41, 5.74) is 1.13. The Balaban J connectivity index is 2.25. The van der Waals surface area contributed by atoms with Gasteiger partial charge in [0.2, 0.25) is 0 Å². The Morgan fingerprint density at radius 1 is 1.00 bits per heavy atom. The highest BCUT2D eigenvalue weighted by molar-refractivity contribution is 7.80. The number of benzene rings is 2. The zero-order valence-electron chi connectivity index (χ0n) is 11.1. The molecule has 0 saturated carbocycles. The second kappa shape index (κ2) is 6.97. The van der Waals surface area contributed by atoms with E-state index in [1.807, 2.05) is 12.1 Å². The fourth-order valence-corrected chi connectivity index (χ4v) is 2.10. The summed E-state index contributed by atoms with van der Waals surface area (Å²) >= 11 is 4.62. The van der Waals surface area contributed by atoms with Crippen molar-refractivity contribution in [2.45, 2.75) is 12.1 Å². The molecular weight excluding hydrogens is 286 g/mol. The van der Waals surface area contributed by atoms with E-state index in [4.69, 9.17) is 0 Å². The fraction of sp³-hybridized carbons (Fsp3) is 0.125. The molecule has 0 unspecified atom stereocenters. The van der Waals surface area contributed by atoms with Crippen molar-refractivity contribution in [3.63, 3.8) is 0 Å². The zero-order valence-corrected chi connectivity index (χ0v) is 12.0. The second-order valence-corrected chi connectivity index (χ2v) is 4.93. The molecule has 0 saturated heterocycles. The smallest absolute Gasteiger partial charge is 0.251 e. The lowest BCUT2D eigenvalue weighted by atomic mass is 10.0. The highest BCUT2D eigenvalue weighted by Crippen LogP contribution is 2.18. The van der Waals surface area contributed by atoms with E-state index in [1.165, 1.54) is 0 Å². The quantitative estimate of drug-likeness (QED) is 0.742. The number of rotatable bonds is 5. The number of nitrogens with one attached hydrogen (secondary N) is 1. The fourth-order valence-electron chi connectivity index (χ4n) is 1.96. The number of amides is 1. The Bertz CT molecular complexity index is 616. The van der Waals surface area contributed by atoms with Crippen LogP contribution in [-0.4, -0.2) is 27.3 Å². The van der Waals surface area contributed by atoms with E-state index in [9.17, 15) is 15.0 Å². The van der Waals surface area contributed by atoms with Crippen LogP contribution in [0.5, 0.6) is 0 Å². The number of hydrogen-bond acceptors (Lipinski definition) is 3. The molecule has 0 aromatic heterocycles. The highest BCUT2D eigenvalue weighted by Gasteiger charge is 2.26. The summed E-state index contributed by atoms with van der Waals surface area (Å²) in [6, 6.07) is 16.7. The molecule has 2 aromatic carbocycles. The maximum absolute atomic E-state index is 12.2. The zero-order chi connectivity index (χ0) is 15.2. The van der Waals surface area contributed by atoms with Gasteiger partial charge in [-0.15, -0.1) is 0 Å². The Morgan fingerprint density at radius 3 is 2.05 bits per heavy atom. The van der Waals surface area contributed by atoms with Crippen LogP contribution in [0.3, 0.4) is 0 Å². The van der Waals surface area contributed by atoms with Gasteiger partial charge in [-0.1, -0.05) is 48.5 Å². The molecule has 108 valence electrons. The van der Waals surface area contributed by atoms with E-state index >= 15 is 0 Å². The first-order valence-corrected chi connectivity index (χ1v) is 6.82. The minimum atomic E-state index is -1.35. The standard InChI is InChI=1S/C16H15NO3S/c18-14(16(20)21)13(11-7-3-1-4-8-11)17-15(19)12-9-5-2-6-10-12/h1-10,13-14,18H,(H,17,19)(H,20,21)/t13-,14+/m0/s1.